The normalized spacial score (nSPS) is 15.9. The van der Waals surface area contributed by atoms with Crippen LogP contribution in [0.5, 0.6) is 0 Å². The number of esters is 1. The molecule has 1 fully saturated rings. The largest absolute Gasteiger partial charge is 0.467 e. The van der Waals surface area contributed by atoms with Crippen molar-refractivity contribution >= 4 is 63.3 Å². The zero-order valence-corrected chi connectivity index (χ0v) is 25.4. The maximum absolute atomic E-state index is 14.3. The number of ether oxygens (including phenoxy) is 1. The number of hydrogen-bond donors (Lipinski definition) is 1. The van der Waals surface area contributed by atoms with E-state index in [1.54, 1.807) is 67.7 Å². The van der Waals surface area contributed by atoms with Gasteiger partial charge in [-0.3, -0.25) is 19.4 Å². The van der Waals surface area contributed by atoms with E-state index < -0.39 is 23.4 Å². The number of para-hydroxylation sites is 3. The lowest BCUT2D eigenvalue weighted by molar-refractivity contribution is -0.146. The van der Waals surface area contributed by atoms with Gasteiger partial charge in [-0.05, 0) is 71.3 Å². The summed E-state index contributed by atoms with van der Waals surface area (Å²) >= 11 is 5.94. The Labute approximate surface area is 265 Å². The van der Waals surface area contributed by atoms with Crippen molar-refractivity contribution in [3.8, 4) is 11.1 Å². The molecule has 0 saturated carbocycles. The van der Waals surface area contributed by atoms with Crippen molar-refractivity contribution in [3.63, 3.8) is 0 Å². The van der Waals surface area contributed by atoms with Crippen LogP contribution in [0.1, 0.15) is 10.4 Å². The number of benzene rings is 4. The van der Waals surface area contributed by atoms with Crippen LogP contribution >= 0.6 is 11.6 Å². The Balaban J connectivity index is 1.41. The van der Waals surface area contributed by atoms with E-state index in [1.165, 1.54) is 26.7 Å². The summed E-state index contributed by atoms with van der Waals surface area (Å²) < 4.78 is 5.00. The van der Waals surface area contributed by atoms with Crippen molar-refractivity contribution in [3.05, 3.63) is 103 Å². The molecular weight excluding hydrogens is 594 g/mol. The molecule has 4 aromatic carbocycles. The second-order valence-corrected chi connectivity index (χ2v) is 10.9. The first-order valence-corrected chi connectivity index (χ1v) is 14.7. The third-order valence-electron chi connectivity index (χ3n) is 8.06. The predicted octanol–water partition coefficient (Wildman–Crippen LogP) is 6.15. The number of hydrogen-bond acceptors (Lipinski definition) is 6. The van der Waals surface area contributed by atoms with E-state index in [0.717, 1.165) is 11.1 Å². The summed E-state index contributed by atoms with van der Waals surface area (Å²) in [5.41, 5.74) is 4.52. The first-order valence-electron chi connectivity index (χ1n) is 14.4. The molecule has 228 valence electrons. The fraction of sp³-hybridized carbons (Fsp3) is 0.176. The molecule has 45 heavy (non-hydrogen) atoms. The molecule has 1 N–H and O–H groups in total. The second-order valence-electron chi connectivity index (χ2n) is 10.6. The Hall–Kier alpha value is -5.19. The highest BCUT2D eigenvalue weighted by Gasteiger charge is 2.40. The summed E-state index contributed by atoms with van der Waals surface area (Å²) in [5.74, 6) is -0.813. The molecule has 0 spiro atoms. The Bertz CT molecular complexity index is 1780. The third kappa shape index (κ3) is 5.50. The first kappa shape index (κ1) is 29.9. The van der Waals surface area contributed by atoms with Crippen LogP contribution in [-0.2, 0) is 9.53 Å². The lowest BCUT2D eigenvalue weighted by atomic mass is 10.00. The van der Waals surface area contributed by atoms with E-state index >= 15 is 0 Å². The molecule has 2 aliphatic heterocycles. The van der Waals surface area contributed by atoms with Crippen molar-refractivity contribution in [2.24, 2.45) is 0 Å². The Morgan fingerprint density at radius 3 is 2.18 bits per heavy atom. The molecule has 11 heteroatoms. The van der Waals surface area contributed by atoms with Gasteiger partial charge in [0.15, 0.2) is 0 Å². The van der Waals surface area contributed by atoms with E-state index in [1.807, 2.05) is 36.4 Å². The van der Waals surface area contributed by atoms with Gasteiger partial charge in [-0.25, -0.2) is 9.59 Å². The van der Waals surface area contributed by atoms with Gasteiger partial charge in [0.1, 0.15) is 6.04 Å². The van der Waals surface area contributed by atoms with Gasteiger partial charge in [-0.1, -0.05) is 48.5 Å². The number of nitrogens with zero attached hydrogens (tertiary/aromatic N) is 4. The van der Waals surface area contributed by atoms with Crippen molar-refractivity contribution in [1.82, 2.24) is 10.2 Å². The Morgan fingerprint density at radius 1 is 0.844 bits per heavy atom. The smallest absolute Gasteiger partial charge is 0.330 e. The number of amides is 4. The Kier molecular flexibility index (Phi) is 8.25. The average molecular weight is 624 g/mol. The topological polar surface area (TPSA) is 102 Å². The molecule has 0 aliphatic carbocycles. The summed E-state index contributed by atoms with van der Waals surface area (Å²) in [5, 5.41) is 2.51. The number of urea groups is 1. The zero-order valence-electron chi connectivity index (χ0n) is 24.6. The van der Waals surface area contributed by atoms with Gasteiger partial charge >= 0.3 is 17.4 Å². The number of halogens is 1. The number of carbonyl (C=O) groups excluding carboxylic acids is 4. The van der Waals surface area contributed by atoms with Gasteiger partial charge in [-0.2, -0.15) is 0 Å². The SMILES string of the molecule is COC(=O)[C@@H]1CNCCN1C(=O)N1c2ccc(-c3ccc(N(C(=O)Cl)c4ccccc4)cc3)cc2C(=O)N(C)c2ccccc21. The lowest BCUT2D eigenvalue weighted by Crippen LogP contribution is -2.59. The van der Waals surface area contributed by atoms with E-state index in [-0.39, 0.29) is 19.0 Å². The number of anilines is 5. The summed E-state index contributed by atoms with van der Waals surface area (Å²) in [6, 6.07) is 27.6. The van der Waals surface area contributed by atoms with Crippen LogP contribution in [0.25, 0.3) is 11.1 Å². The fourth-order valence-corrected chi connectivity index (χ4v) is 5.98. The highest BCUT2D eigenvalue weighted by Crippen LogP contribution is 2.42. The standard InChI is InChI=1S/C34H30ClN5O5/c1-37-28-10-6-7-11-29(28)40(34(44)38-19-18-36-21-30(38)32(42)45-2)27-17-14-23(20-26(27)31(37)41)22-12-15-25(16-13-22)39(33(35)43)24-8-4-3-5-9-24/h3-17,20,30,36H,18-19,21H2,1-2H3/t30-/m0/s1. The second kappa shape index (κ2) is 12.4. The highest BCUT2D eigenvalue weighted by atomic mass is 35.5. The van der Waals surface area contributed by atoms with E-state index in [2.05, 4.69) is 5.32 Å². The molecule has 2 aliphatic rings. The van der Waals surface area contributed by atoms with E-state index in [0.29, 0.717) is 40.5 Å². The molecule has 6 rings (SSSR count). The molecule has 0 aromatic heterocycles. The number of fused-ring (bicyclic) bond motifs is 2. The van der Waals surface area contributed by atoms with Crippen LogP contribution in [0.4, 0.5) is 38.0 Å². The van der Waals surface area contributed by atoms with Crippen LogP contribution in [0.15, 0.2) is 97.1 Å². The summed E-state index contributed by atoms with van der Waals surface area (Å²) in [7, 11) is 2.97. The molecule has 0 unspecified atom stereocenters. The number of methoxy groups -OCH3 is 1. The minimum absolute atomic E-state index is 0.255. The molecule has 0 radical (unpaired) electrons. The minimum Gasteiger partial charge on any atom is -0.467 e. The van der Waals surface area contributed by atoms with Gasteiger partial charge in [0.05, 0.1) is 41.1 Å². The monoisotopic (exact) mass is 623 g/mol. The quantitative estimate of drug-likeness (QED) is 0.166. The van der Waals surface area contributed by atoms with Gasteiger partial charge in [0.25, 0.3) is 5.91 Å². The maximum atomic E-state index is 14.3. The molecule has 1 saturated heterocycles. The average Bonchev–Trinajstić information content (AvgIpc) is 3.17. The molecular formula is C34H30ClN5O5. The van der Waals surface area contributed by atoms with Gasteiger partial charge in [0, 0.05) is 26.7 Å². The van der Waals surface area contributed by atoms with Crippen LogP contribution < -0.4 is 20.0 Å². The number of nitrogens with one attached hydrogen (secondary N) is 1. The molecule has 4 amide bonds. The summed E-state index contributed by atoms with van der Waals surface area (Å²) in [6.45, 7) is 1.05. The number of piperazine rings is 1. The van der Waals surface area contributed by atoms with Crippen molar-refractivity contribution < 1.29 is 23.9 Å². The van der Waals surface area contributed by atoms with Gasteiger partial charge in [0.2, 0.25) is 0 Å². The van der Waals surface area contributed by atoms with Crippen molar-refractivity contribution in [1.29, 1.82) is 0 Å². The minimum atomic E-state index is -0.823. The van der Waals surface area contributed by atoms with Crippen molar-refractivity contribution in [2.45, 2.75) is 6.04 Å². The summed E-state index contributed by atoms with van der Waals surface area (Å²) in [4.78, 5) is 59.2. The maximum Gasteiger partial charge on any atom is 0.330 e. The molecule has 4 aromatic rings. The fourth-order valence-electron chi connectivity index (χ4n) is 5.79. The molecule has 1 atom stereocenters. The van der Waals surface area contributed by atoms with Crippen molar-refractivity contribution in [2.75, 3.05) is 48.5 Å². The van der Waals surface area contributed by atoms with Crippen LogP contribution in [0, 0.1) is 0 Å². The first-order chi connectivity index (χ1) is 21.8. The molecule has 10 nitrogen and oxygen atoms in total. The summed E-state index contributed by atoms with van der Waals surface area (Å²) in [6.07, 6.45) is 0. The molecule has 0 bridgehead atoms. The highest BCUT2D eigenvalue weighted by molar-refractivity contribution is 6.67. The lowest BCUT2D eigenvalue weighted by Gasteiger charge is -2.38. The molecule has 2 heterocycles. The van der Waals surface area contributed by atoms with Crippen LogP contribution in [0.3, 0.4) is 0 Å². The van der Waals surface area contributed by atoms with Gasteiger partial charge < -0.3 is 19.9 Å². The predicted molar refractivity (Wildman–Crippen MR) is 174 cm³/mol. The zero-order chi connectivity index (χ0) is 31.7. The number of carbonyl (C=O) groups is 4. The van der Waals surface area contributed by atoms with E-state index in [4.69, 9.17) is 16.3 Å². The third-order valence-corrected chi connectivity index (χ3v) is 8.23. The Morgan fingerprint density at radius 2 is 1.49 bits per heavy atom. The van der Waals surface area contributed by atoms with E-state index in [9.17, 15) is 19.2 Å². The van der Waals surface area contributed by atoms with Crippen LogP contribution in [-0.4, -0.2) is 68.0 Å². The van der Waals surface area contributed by atoms with Crippen LogP contribution in [0.2, 0.25) is 0 Å². The number of rotatable bonds is 4. The van der Waals surface area contributed by atoms with Gasteiger partial charge in [-0.15, -0.1) is 0 Å².